The Kier molecular flexibility index (Phi) is 4.99. The van der Waals surface area contributed by atoms with Crippen LogP contribution in [0.1, 0.15) is 17.5 Å². The summed E-state index contributed by atoms with van der Waals surface area (Å²) in [5.41, 5.74) is 0.770. The monoisotopic (exact) mass is 282 g/mol. The topological polar surface area (TPSA) is 34.1 Å². The summed E-state index contributed by atoms with van der Waals surface area (Å²) >= 11 is 7.77. The smallest absolute Gasteiger partial charge is 0.126 e. The van der Waals surface area contributed by atoms with Gasteiger partial charge in [0.05, 0.1) is 23.9 Å². The zero-order chi connectivity index (χ0) is 12.8. The van der Waals surface area contributed by atoms with E-state index in [-0.39, 0.29) is 0 Å². The highest BCUT2D eigenvalue weighted by Gasteiger charge is 2.04. The van der Waals surface area contributed by atoms with Gasteiger partial charge in [-0.15, -0.1) is 11.3 Å². The summed E-state index contributed by atoms with van der Waals surface area (Å²) in [4.78, 5) is 5.62. The number of nitrogens with one attached hydrogen (secondary N) is 1. The van der Waals surface area contributed by atoms with Crippen molar-refractivity contribution in [2.24, 2.45) is 0 Å². The number of anilines is 1. The third kappa shape index (κ3) is 3.70. The average Bonchev–Trinajstić information content (AvgIpc) is 2.86. The maximum Gasteiger partial charge on any atom is 0.126 e. The zero-order valence-electron chi connectivity index (χ0n) is 10.1. The van der Waals surface area contributed by atoms with Crippen LogP contribution < -0.4 is 5.32 Å². The second kappa shape index (κ2) is 6.73. The number of aromatic nitrogens is 1. The minimum Gasteiger partial charge on any atom is -0.370 e. The molecule has 96 valence electrons. The van der Waals surface area contributed by atoms with E-state index in [1.165, 1.54) is 4.88 Å². The summed E-state index contributed by atoms with van der Waals surface area (Å²) < 4.78 is 5.61. The van der Waals surface area contributed by atoms with Crippen molar-refractivity contribution in [2.75, 3.05) is 11.9 Å². The molecule has 0 amide bonds. The van der Waals surface area contributed by atoms with E-state index >= 15 is 0 Å². The Morgan fingerprint density at radius 3 is 2.94 bits per heavy atom. The van der Waals surface area contributed by atoms with Gasteiger partial charge in [-0.3, -0.25) is 0 Å². The highest BCUT2D eigenvalue weighted by molar-refractivity contribution is 7.09. The van der Waals surface area contributed by atoms with Gasteiger partial charge in [-0.05, 0) is 30.5 Å². The van der Waals surface area contributed by atoms with Crippen molar-refractivity contribution in [3.05, 3.63) is 45.2 Å². The molecule has 1 N–H and O–H groups in total. The first-order valence-electron chi connectivity index (χ1n) is 5.79. The summed E-state index contributed by atoms with van der Waals surface area (Å²) in [5, 5.41) is 5.83. The zero-order valence-corrected chi connectivity index (χ0v) is 11.7. The molecular weight excluding hydrogens is 268 g/mol. The molecule has 0 fully saturated rings. The van der Waals surface area contributed by atoms with Crippen LogP contribution in [0.2, 0.25) is 5.02 Å². The Bertz CT molecular complexity index is 488. The van der Waals surface area contributed by atoms with Crippen LogP contribution in [0.3, 0.4) is 0 Å². The van der Waals surface area contributed by atoms with Crippen LogP contribution in [0.15, 0.2) is 29.6 Å². The molecule has 0 aliphatic carbocycles. The number of nitrogens with zero attached hydrogens (tertiary/aromatic N) is 1. The minimum atomic E-state index is 0.427. The van der Waals surface area contributed by atoms with Crippen LogP contribution >= 0.6 is 22.9 Å². The molecule has 0 aliphatic heterocycles. The van der Waals surface area contributed by atoms with E-state index < -0.39 is 0 Å². The van der Waals surface area contributed by atoms with Crippen LogP contribution in [0, 0.1) is 0 Å². The van der Waals surface area contributed by atoms with E-state index in [0.717, 1.165) is 18.1 Å². The molecule has 0 atom stereocenters. The van der Waals surface area contributed by atoms with Gasteiger partial charge in [0.1, 0.15) is 5.82 Å². The predicted molar refractivity (Wildman–Crippen MR) is 76.2 cm³/mol. The second-order valence-electron chi connectivity index (χ2n) is 3.73. The molecular formula is C13H15ClN2OS. The molecule has 0 aromatic carbocycles. The third-order valence-electron chi connectivity index (χ3n) is 2.34. The van der Waals surface area contributed by atoms with Gasteiger partial charge in [-0.1, -0.05) is 17.7 Å². The van der Waals surface area contributed by atoms with E-state index in [1.54, 1.807) is 11.3 Å². The molecule has 0 aliphatic rings. The van der Waals surface area contributed by atoms with Crippen molar-refractivity contribution in [1.82, 2.24) is 4.98 Å². The fourth-order valence-corrected chi connectivity index (χ4v) is 2.31. The molecule has 0 unspecified atom stereocenters. The second-order valence-corrected chi connectivity index (χ2v) is 5.17. The Labute approximate surface area is 116 Å². The lowest BCUT2D eigenvalue weighted by molar-refractivity contribution is 0.107. The van der Waals surface area contributed by atoms with Crippen molar-refractivity contribution in [1.29, 1.82) is 0 Å². The number of hydrogen-bond donors (Lipinski definition) is 1. The molecule has 3 nitrogen and oxygen atoms in total. The Morgan fingerprint density at radius 1 is 1.33 bits per heavy atom. The average molecular weight is 283 g/mol. The fraction of sp³-hybridized carbons (Fsp3) is 0.308. The largest absolute Gasteiger partial charge is 0.370 e. The van der Waals surface area contributed by atoms with Crippen LogP contribution in [0.4, 0.5) is 5.82 Å². The maximum atomic E-state index is 6.09. The molecule has 2 aromatic rings. The molecule has 0 radical (unpaired) electrons. The van der Waals surface area contributed by atoms with Gasteiger partial charge in [0.2, 0.25) is 0 Å². The van der Waals surface area contributed by atoms with Gasteiger partial charge < -0.3 is 10.1 Å². The number of halogens is 1. The molecule has 0 spiro atoms. The number of thiophene rings is 1. The van der Waals surface area contributed by atoms with Crippen molar-refractivity contribution in [3.8, 4) is 0 Å². The van der Waals surface area contributed by atoms with Gasteiger partial charge in [0.15, 0.2) is 0 Å². The van der Waals surface area contributed by atoms with Crippen LogP contribution in [-0.4, -0.2) is 11.5 Å². The summed E-state index contributed by atoms with van der Waals surface area (Å²) in [5.74, 6) is 0.830. The van der Waals surface area contributed by atoms with E-state index in [9.17, 15) is 0 Å². The van der Waals surface area contributed by atoms with Gasteiger partial charge in [-0.25, -0.2) is 4.98 Å². The first-order valence-corrected chi connectivity index (χ1v) is 7.04. The third-order valence-corrected chi connectivity index (χ3v) is 3.53. The van der Waals surface area contributed by atoms with E-state index in [1.807, 2.05) is 30.5 Å². The molecule has 0 saturated carbocycles. The highest BCUT2D eigenvalue weighted by atomic mass is 35.5. The number of pyridine rings is 1. The lowest BCUT2D eigenvalue weighted by Crippen LogP contribution is -2.03. The Hall–Kier alpha value is -1.10. The first kappa shape index (κ1) is 13.3. The summed E-state index contributed by atoms with van der Waals surface area (Å²) in [7, 11) is 0. The Morgan fingerprint density at radius 2 is 2.22 bits per heavy atom. The van der Waals surface area contributed by atoms with Crippen molar-refractivity contribution in [3.63, 3.8) is 0 Å². The van der Waals surface area contributed by atoms with Gasteiger partial charge >= 0.3 is 0 Å². The predicted octanol–water partition coefficient (Wildman–Crippen LogP) is 3.95. The van der Waals surface area contributed by atoms with E-state index in [0.29, 0.717) is 18.2 Å². The normalized spacial score (nSPS) is 10.6. The lowest BCUT2D eigenvalue weighted by atomic mass is 10.3. The fourth-order valence-electron chi connectivity index (χ4n) is 1.51. The van der Waals surface area contributed by atoms with Crippen molar-refractivity contribution >= 4 is 28.8 Å². The van der Waals surface area contributed by atoms with Crippen LogP contribution in [0.5, 0.6) is 0 Å². The van der Waals surface area contributed by atoms with Gasteiger partial charge in [-0.2, -0.15) is 0 Å². The van der Waals surface area contributed by atoms with Crippen molar-refractivity contribution < 1.29 is 4.74 Å². The number of ether oxygens (including phenoxy) is 1. The molecule has 2 rings (SSSR count). The van der Waals surface area contributed by atoms with E-state index in [2.05, 4.69) is 16.4 Å². The summed E-state index contributed by atoms with van der Waals surface area (Å²) in [6, 6.07) is 7.78. The molecule has 0 saturated heterocycles. The summed E-state index contributed by atoms with van der Waals surface area (Å²) in [6.45, 7) is 3.89. The SMILES string of the molecule is CCNc1ccc(Cl)c(COCc2cccs2)n1. The lowest BCUT2D eigenvalue weighted by Gasteiger charge is -2.08. The quantitative estimate of drug-likeness (QED) is 0.871. The van der Waals surface area contributed by atoms with Gasteiger partial charge in [0, 0.05) is 11.4 Å². The summed E-state index contributed by atoms with van der Waals surface area (Å²) in [6.07, 6.45) is 0. The Balaban J connectivity index is 1.93. The minimum absolute atomic E-state index is 0.427. The van der Waals surface area contributed by atoms with Crippen LogP contribution in [-0.2, 0) is 18.0 Å². The molecule has 5 heteroatoms. The van der Waals surface area contributed by atoms with E-state index in [4.69, 9.17) is 16.3 Å². The number of hydrogen-bond acceptors (Lipinski definition) is 4. The molecule has 18 heavy (non-hydrogen) atoms. The highest BCUT2D eigenvalue weighted by Crippen LogP contribution is 2.18. The molecule has 2 heterocycles. The first-order chi connectivity index (χ1) is 8.79. The van der Waals surface area contributed by atoms with Gasteiger partial charge in [0.25, 0.3) is 0 Å². The molecule has 2 aromatic heterocycles. The van der Waals surface area contributed by atoms with Crippen molar-refractivity contribution in [2.45, 2.75) is 20.1 Å². The van der Waals surface area contributed by atoms with Crippen LogP contribution in [0.25, 0.3) is 0 Å². The molecule has 0 bridgehead atoms. The standard InChI is InChI=1S/C13H15ClN2OS/c1-2-15-13-6-5-11(14)12(16-13)9-17-8-10-4-3-7-18-10/h3-7H,2,8-9H2,1H3,(H,15,16). The number of rotatable bonds is 6. The maximum absolute atomic E-state index is 6.09.